The Morgan fingerprint density at radius 1 is 1.16 bits per heavy atom. The van der Waals surface area contributed by atoms with Crippen LogP contribution in [0.3, 0.4) is 0 Å². The fraction of sp³-hybridized carbons (Fsp3) is 0.0769. The number of carbonyl (C=O) groups is 1. The number of carbonyl (C=O) groups excluding carboxylic acids is 1. The predicted octanol–water partition coefficient (Wildman–Crippen LogP) is 2.79. The van der Waals surface area contributed by atoms with Gasteiger partial charge in [-0.15, -0.1) is 0 Å². The number of halogens is 2. The predicted molar refractivity (Wildman–Crippen MR) is 75.8 cm³/mol. The number of anilines is 1. The van der Waals surface area contributed by atoms with Gasteiger partial charge in [-0.3, -0.25) is 9.59 Å². The molecule has 0 aliphatic carbocycles. The van der Waals surface area contributed by atoms with Crippen LogP contribution in [0, 0.1) is 0 Å². The molecule has 0 aliphatic rings. The topological polar surface area (TPSA) is 51.1 Å². The minimum Gasteiger partial charge on any atom is -0.324 e. The molecule has 0 saturated heterocycles. The zero-order valence-electron chi connectivity index (χ0n) is 9.77. The van der Waals surface area contributed by atoms with E-state index in [2.05, 4.69) is 5.32 Å². The summed E-state index contributed by atoms with van der Waals surface area (Å²) in [7, 11) is 0. The highest BCUT2D eigenvalue weighted by Gasteiger charge is 2.06. The van der Waals surface area contributed by atoms with E-state index in [1.54, 1.807) is 36.5 Å². The lowest BCUT2D eigenvalue weighted by molar-refractivity contribution is -0.116. The van der Waals surface area contributed by atoms with Crippen LogP contribution in [0.5, 0.6) is 0 Å². The molecular weight excluding hydrogens is 287 g/mol. The van der Waals surface area contributed by atoms with Crippen molar-refractivity contribution in [2.75, 3.05) is 5.32 Å². The first-order valence-electron chi connectivity index (χ1n) is 5.46. The molecule has 6 heteroatoms. The molecule has 0 fully saturated rings. The molecule has 0 atom stereocenters. The lowest BCUT2D eigenvalue weighted by atomic mass is 10.3. The summed E-state index contributed by atoms with van der Waals surface area (Å²) in [4.78, 5) is 23.2. The molecule has 0 spiro atoms. The first-order valence-corrected chi connectivity index (χ1v) is 6.22. The van der Waals surface area contributed by atoms with E-state index in [4.69, 9.17) is 23.2 Å². The van der Waals surface area contributed by atoms with Gasteiger partial charge < -0.3 is 9.88 Å². The highest BCUT2D eigenvalue weighted by molar-refractivity contribution is 6.42. The van der Waals surface area contributed by atoms with Crippen LogP contribution >= 0.6 is 23.2 Å². The monoisotopic (exact) mass is 296 g/mol. The fourth-order valence-corrected chi connectivity index (χ4v) is 1.82. The van der Waals surface area contributed by atoms with E-state index in [1.807, 2.05) is 0 Å². The molecule has 0 radical (unpaired) electrons. The number of aromatic nitrogens is 1. The van der Waals surface area contributed by atoms with Crippen molar-refractivity contribution in [3.05, 3.63) is 63.0 Å². The zero-order valence-corrected chi connectivity index (χ0v) is 11.3. The molecule has 0 aliphatic heterocycles. The van der Waals surface area contributed by atoms with E-state index < -0.39 is 0 Å². The van der Waals surface area contributed by atoms with Crippen LogP contribution in [0.4, 0.5) is 5.69 Å². The average Bonchev–Trinajstić information content (AvgIpc) is 2.37. The molecule has 2 aromatic rings. The van der Waals surface area contributed by atoms with Crippen molar-refractivity contribution < 1.29 is 4.79 Å². The maximum atomic E-state index is 11.8. The lowest BCUT2D eigenvalue weighted by Gasteiger charge is -2.07. The van der Waals surface area contributed by atoms with Gasteiger partial charge >= 0.3 is 0 Å². The van der Waals surface area contributed by atoms with Crippen molar-refractivity contribution in [2.24, 2.45) is 0 Å². The van der Waals surface area contributed by atoms with E-state index in [0.29, 0.717) is 15.7 Å². The van der Waals surface area contributed by atoms with Crippen LogP contribution in [0.15, 0.2) is 47.4 Å². The van der Waals surface area contributed by atoms with Gasteiger partial charge in [-0.25, -0.2) is 0 Å². The third-order valence-corrected chi connectivity index (χ3v) is 3.16. The number of pyridine rings is 1. The van der Waals surface area contributed by atoms with Crippen LogP contribution < -0.4 is 10.9 Å². The molecular formula is C13H10Cl2N2O2. The Morgan fingerprint density at radius 3 is 2.63 bits per heavy atom. The number of nitrogens with zero attached hydrogens (tertiary/aromatic N) is 1. The average molecular weight is 297 g/mol. The maximum Gasteiger partial charge on any atom is 0.250 e. The smallest absolute Gasteiger partial charge is 0.250 e. The second-order valence-corrected chi connectivity index (χ2v) is 4.66. The van der Waals surface area contributed by atoms with Crippen molar-refractivity contribution in [1.29, 1.82) is 0 Å². The van der Waals surface area contributed by atoms with E-state index >= 15 is 0 Å². The highest BCUT2D eigenvalue weighted by Crippen LogP contribution is 2.24. The second kappa shape index (κ2) is 5.91. The van der Waals surface area contributed by atoms with Gasteiger partial charge in [0.15, 0.2) is 0 Å². The third kappa shape index (κ3) is 3.59. The molecule has 0 saturated carbocycles. The molecule has 0 bridgehead atoms. The number of rotatable bonds is 3. The van der Waals surface area contributed by atoms with E-state index in [0.717, 1.165) is 0 Å². The molecule has 2 rings (SSSR count). The quantitative estimate of drug-likeness (QED) is 0.947. The molecule has 1 aromatic carbocycles. The minimum absolute atomic E-state index is 0.0556. The van der Waals surface area contributed by atoms with Crippen molar-refractivity contribution in [2.45, 2.75) is 6.54 Å². The third-order valence-electron chi connectivity index (χ3n) is 2.42. The molecule has 1 N–H and O–H groups in total. The largest absolute Gasteiger partial charge is 0.324 e. The fourth-order valence-electron chi connectivity index (χ4n) is 1.52. The van der Waals surface area contributed by atoms with Crippen LogP contribution in [0.2, 0.25) is 10.0 Å². The molecule has 0 unspecified atom stereocenters. The zero-order chi connectivity index (χ0) is 13.8. The Hall–Kier alpha value is -1.78. The Kier molecular flexibility index (Phi) is 4.24. The van der Waals surface area contributed by atoms with Crippen molar-refractivity contribution in [1.82, 2.24) is 4.57 Å². The maximum absolute atomic E-state index is 11.8. The van der Waals surface area contributed by atoms with Crippen LogP contribution in [-0.4, -0.2) is 10.5 Å². The first kappa shape index (κ1) is 13.6. The molecule has 1 aromatic heterocycles. The highest BCUT2D eigenvalue weighted by atomic mass is 35.5. The van der Waals surface area contributed by atoms with Gasteiger partial charge in [-0.05, 0) is 24.3 Å². The van der Waals surface area contributed by atoms with Gasteiger partial charge in [0.2, 0.25) is 5.91 Å². The van der Waals surface area contributed by atoms with Gasteiger partial charge in [-0.1, -0.05) is 29.3 Å². The lowest BCUT2D eigenvalue weighted by Crippen LogP contribution is -2.26. The van der Waals surface area contributed by atoms with Crippen LogP contribution in [0.1, 0.15) is 0 Å². The number of nitrogens with one attached hydrogen (secondary N) is 1. The summed E-state index contributed by atoms with van der Waals surface area (Å²) in [5, 5.41) is 3.42. The Bertz CT molecular complexity index is 668. The number of amides is 1. The van der Waals surface area contributed by atoms with Gasteiger partial charge in [0.25, 0.3) is 5.56 Å². The number of hydrogen-bond donors (Lipinski definition) is 1. The molecule has 98 valence electrons. The molecule has 1 amide bonds. The molecule has 19 heavy (non-hydrogen) atoms. The number of hydrogen-bond acceptors (Lipinski definition) is 2. The molecule has 4 nitrogen and oxygen atoms in total. The second-order valence-electron chi connectivity index (χ2n) is 3.84. The van der Waals surface area contributed by atoms with Crippen molar-refractivity contribution in [3.8, 4) is 0 Å². The minimum atomic E-state index is -0.313. The first-order chi connectivity index (χ1) is 9.06. The van der Waals surface area contributed by atoms with Crippen molar-refractivity contribution in [3.63, 3.8) is 0 Å². The van der Waals surface area contributed by atoms with Crippen LogP contribution in [-0.2, 0) is 11.3 Å². The van der Waals surface area contributed by atoms with Gasteiger partial charge in [0.1, 0.15) is 6.54 Å². The van der Waals surface area contributed by atoms with E-state index in [9.17, 15) is 9.59 Å². The van der Waals surface area contributed by atoms with E-state index in [1.165, 1.54) is 10.6 Å². The Morgan fingerprint density at radius 2 is 1.95 bits per heavy atom. The summed E-state index contributed by atoms with van der Waals surface area (Å²) in [5.41, 5.74) is 0.301. The standard InChI is InChI=1S/C13H10Cl2N2O2/c14-10-5-4-9(7-11(10)15)16-12(18)8-17-6-2-1-3-13(17)19/h1-7H,8H2,(H,16,18). The normalized spacial score (nSPS) is 10.2. The Balaban J connectivity index is 2.08. The summed E-state index contributed by atoms with van der Waals surface area (Å²) in [5.74, 6) is -0.313. The van der Waals surface area contributed by atoms with Crippen LogP contribution in [0.25, 0.3) is 0 Å². The van der Waals surface area contributed by atoms with Gasteiger partial charge in [0.05, 0.1) is 10.0 Å². The molecule has 1 heterocycles. The van der Waals surface area contributed by atoms with E-state index in [-0.39, 0.29) is 18.0 Å². The summed E-state index contributed by atoms with van der Waals surface area (Å²) >= 11 is 11.6. The van der Waals surface area contributed by atoms with Gasteiger partial charge in [0, 0.05) is 18.0 Å². The van der Waals surface area contributed by atoms with Gasteiger partial charge in [-0.2, -0.15) is 0 Å². The summed E-state index contributed by atoms with van der Waals surface area (Å²) < 4.78 is 1.31. The van der Waals surface area contributed by atoms with Crippen molar-refractivity contribution >= 4 is 34.8 Å². The Labute approximate surface area is 119 Å². The number of benzene rings is 1. The summed E-state index contributed by atoms with van der Waals surface area (Å²) in [6.45, 7) is -0.0556. The summed E-state index contributed by atoms with van der Waals surface area (Å²) in [6, 6.07) is 9.49. The SMILES string of the molecule is O=C(Cn1ccccc1=O)Nc1ccc(Cl)c(Cl)c1. The summed E-state index contributed by atoms with van der Waals surface area (Å²) in [6.07, 6.45) is 1.55.